The van der Waals surface area contributed by atoms with Crippen LogP contribution in [-0.4, -0.2) is 54.3 Å². The van der Waals surface area contributed by atoms with E-state index in [0.29, 0.717) is 6.42 Å². The molecule has 0 radical (unpaired) electrons. The number of nitrogens with two attached hydrogens (primary N) is 3. The van der Waals surface area contributed by atoms with Crippen molar-refractivity contribution < 1.29 is 19.2 Å². The van der Waals surface area contributed by atoms with Crippen molar-refractivity contribution >= 4 is 40.4 Å². The fraction of sp³-hybridized carbons (Fsp3) is 0.375. The molecule has 0 heterocycles. The first-order chi connectivity index (χ1) is 16.6. The zero-order chi connectivity index (χ0) is 26.0. The molecule has 188 valence electrons. The van der Waals surface area contributed by atoms with Gasteiger partial charge in [-0.1, -0.05) is 42.5 Å². The van der Waals surface area contributed by atoms with E-state index in [1.807, 2.05) is 42.5 Å². The molecule has 2 aromatic rings. The summed E-state index contributed by atoms with van der Waals surface area (Å²) >= 11 is 0. The maximum atomic E-state index is 13.2. The lowest BCUT2D eigenvalue weighted by Gasteiger charge is -2.24. The summed E-state index contributed by atoms with van der Waals surface area (Å²) in [4.78, 5) is 53.0. The highest BCUT2D eigenvalue weighted by atomic mass is 16.2. The molecule has 4 amide bonds. The lowest BCUT2D eigenvalue weighted by molar-refractivity contribution is -0.133. The number of hydrogen-bond donors (Lipinski definition) is 6. The number of carbonyl (C=O) groups is 4. The first kappa shape index (κ1) is 27.1. The van der Waals surface area contributed by atoms with E-state index in [0.717, 1.165) is 16.3 Å². The average molecular weight is 484 g/mol. The molecule has 0 fully saturated rings. The number of fused-ring (bicyclic) bond motifs is 1. The van der Waals surface area contributed by atoms with E-state index >= 15 is 0 Å². The predicted molar refractivity (Wildman–Crippen MR) is 134 cm³/mol. The maximum absolute atomic E-state index is 13.2. The fourth-order valence-corrected chi connectivity index (χ4v) is 3.49. The summed E-state index contributed by atoms with van der Waals surface area (Å²) in [6.45, 7) is 3.01. The first-order valence-electron chi connectivity index (χ1n) is 11.3. The molecule has 0 spiro atoms. The van der Waals surface area contributed by atoms with Gasteiger partial charge < -0.3 is 33.2 Å². The van der Waals surface area contributed by atoms with Crippen molar-refractivity contribution in [3.8, 4) is 0 Å². The zero-order valence-corrected chi connectivity index (χ0v) is 19.9. The number of guanidine groups is 1. The van der Waals surface area contributed by atoms with Crippen molar-refractivity contribution in [2.45, 2.75) is 51.2 Å². The Bertz CT molecular complexity index is 1100. The van der Waals surface area contributed by atoms with Gasteiger partial charge in [-0.05, 0) is 36.1 Å². The largest absolute Gasteiger partial charge is 0.370 e. The Kier molecular flexibility index (Phi) is 10.0. The van der Waals surface area contributed by atoms with E-state index < -0.39 is 35.8 Å². The van der Waals surface area contributed by atoms with Crippen LogP contribution in [0.5, 0.6) is 0 Å². The molecule has 0 saturated carbocycles. The van der Waals surface area contributed by atoms with Crippen molar-refractivity contribution in [2.24, 2.45) is 22.2 Å². The third-order valence-electron chi connectivity index (χ3n) is 5.31. The molecule has 11 nitrogen and oxygen atoms in total. The van der Waals surface area contributed by atoms with Gasteiger partial charge in [0.2, 0.25) is 23.6 Å². The standard InChI is InChI=1S/C24H33N7O4/c1-14(21(25)33)29-22(34)19(8-5-11-28-24(26)27)31-23(35)20(30-15(2)32)13-16-9-10-17-6-3-4-7-18(17)12-16/h3-4,6-7,9-10,12,14,19-20H,5,8,11,13H2,1-2H3,(H2,25,33)(H,29,34)(H,30,32)(H,31,35)(H4,26,27,28)/t14-,19+,20-/m1/s1. The minimum Gasteiger partial charge on any atom is -0.370 e. The summed E-state index contributed by atoms with van der Waals surface area (Å²) in [5, 5.41) is 9.87. The molecule has 0 aliphatic carbocycles. The van der Waals surface area contributed by atoms with Crippen LogP contribution in [0.15, 0.2) is 47.5 Å². The number of primary amides is 1. The van der Waals surface area contributed by atoms with Gasteiger partial charge in [0.25, 0.3) is 0 Å². The molecule has 0 bridgehead atoms. The summed E-state index contributed by atoms with van der Waals surface area (Å²) in [5.74, 6) is -2.30. The van der Waals surface area contributed by atoms with E-state index in [1.165, 1.54) is 13.8 Å². The Balaban J connectivity index is 2.18. The third kappa shape index (κ3) is 8.95. The van der Waals surface area contributed by atoms with Crippen molar-refractivity contribution in [1.29, 1.82) is 0 Å². The van der Waals surface area contributed by atoms with Crippen LogP contribution in [0.3, 0.4) is 0 Å². The SMILES string of the molecule is CC(=O)N[C@H](Cc1ccc2ccccc2c1)C(=O)N[C@@H](CCCN=C(N)N)C(=O)N[C@H](C)C(N)=O. The summed E-state index contributed by atoms with van der Waals surface area (Å²) in [7, 11) is 0. The van der Waals surface area contributed by atoms with Gasteiger partial charge in [-0.3, -0.25) is 24.2 Å². The lowest BCUT2D eigenvalue weighted by atomic mass is 10.0. The smallest absolute Gasteiger partial charge is 0.243 e. The second-order valence-electron chi connectivity index (χ2n) is 8.28. The quantitative estimate of drug-likeness (QED) is 0.133. The van der Waals surface area contributed by atoms with Crippen LogP contribution in [0.25, 0.3) is 10.8 Å². The summed E-state index contributed by atoms with van der Waals surface area (Å²) in [6, 6.07) is 10.7. The highest BCUT2D eigenvalue weighted by Gasteiger charge is 2.27. The molecule has 35 heavy (non-hydrogen) atoms. The Labute approximate surface area is 203 Å². The van der Waals surface area contributed by atoms with Crippen LogP contribution in [0.4, 0.5) is 0 Å². The monoisotopic (exact) mass is 483 g/mol. The van der Waals surface area contributed by atoms with E-state index in [1.54, 1.807) is 0 Å². The molecule has 0 aromatic heterocycles. The van der Waals surface area contributed by atoms with Crippen LogP contribution in [0.1, 0.15) is 32.3 Å². The molecular formula is C24H33N7O4. The molecule has 11 heteroatoms. The third-order valence-corrected chi connectivity index (χ3v) is 5.31. The molecule has 0 unspecified atom stereocenters. The predicted octanol–water partition coefficient (Wildman–Crippen LogP) is -0.585. The van der Waals surface area contributed by atoms with Gasteiger partial charge in [0.1, 0.15) is 18.1 Å². The Morgan fingerprint density at radius 3 is 2.17 bits per heavy atom. The van der Waals surface area contributed by atoms with E-state index in [9.17, 15) is 19.2 Å². The number of nitrogens with one attached hydrogen (secondary N) is 3. The van der Waals surface area contributed by atoms with Gasteiger partial charge >= 0.3 is 0 Å². The summed E-state index contributed by atoms with van der Waals surface area (Å²) in [5.41, 5.74) is 16.7. The topological polar surface area (TPSA) is 195 Å². The fourth-order valence-electron chi connectivity index (χ4n) is 3.49. The van der Waals surface area contributed by atoms with E-state index in [4.69, 9.17) is 17.2 Å². The molecule has 0 aliphatic rings. The second-order valence-corrected chi connectivity index (χ2v) is 8.28. The molecule has 0 saturated heterocycles. The van der Waals surface area contributed by atoms with Gasteiger partial charge in [0.05, 0.1) is 0 Å². The Hall–Kier alpha value is -4.15. The first-order valence-corrected chi connectivity index (χ1v) is 11.3. The summed E-state index contributed by atoms with van der Waals surface area (Å²) in [6.07, 6.45) is 0.801. The number of benzene rings is 2. The minimum atomic E-state index is -0.994. The van der Waals surface area contributed by atoms with Crippen molar-refractivity contribution in [1.82, 2.24) is 16.0 Å². The van der Waals surface area contributed by atoms with E-state index in [2.05, 4.69) is 20.9 Å². The minimum absolute atomic E-state index is 0.0847. The maximum Gasteiger partial charge on any atom is 0.243 e. The number of hydrogen-bond acceptors (Lipinski definition) is 5. The number of carbonyl (C=O) groups excluding carboxylic acids is 4. The molecule has 9 N–H and O–H groups in total. The zero-order valence-electron chi connectivity index (χ0n) is 19.9. The van der Waals surface area contributed by atoms with Crippen molar-refractivity contribution in [3.63, 3.8) is 0 Å². The summed E-state index contributed by atoms with van der Waals surface area (Å²) < 4.78 is 0. The lowest BCUT2D eigenvalue weighted by Crippen LogP contribution is -2.56. The molecular weight excluding hydrogens is 450 g/mol. The average Bonchev–Trinajstić information content (AvgIpc) is 2.79. The van der Waals surface area contributed by atoms with Crippen molar-refractivity contribution in [3.05, 3.63) is 48.0 Å². The molecule has 0 aliphatic heterocycles. The van der Waals surface area contributed by atoms with Gasteiger partial charge in [-0.15, -0.1) is 0 Å². The highest BCUT2D eigenvalue weighted by Crippen LogP contribution is 2.17. The number of rotatable bonds is 12. The van der Waals surface area contributed by atoms with Crippen molar-refractivity contribution in [2.75, 3.05) is 6.54 Å². The van der Waals surface area contributed by atoms with Crippen LogP contribution < -0.4 is 33.2 Å². The number of aliphatic imine (C=N–C) groups is 1. The van der Waals surface area contributed by atoms with Crippen LogP contribution in [0, 0.1) is 0 Å². The van der Waals surface area contributed by atoms with Crippen LogP contribution in [0.2, 0.25) is 0 Å². The van der Waals surface area contributed by atoms with Crippen LogP contribution in [-0.2, 0) is 25.6 Å². The molecule has 2 rings (SSSR count). The Morgan fingerprint density at radius 2 is 1.54 bits per heavy atom. The molecule has 2 aromatic carbocycles. The van der Waals surface area contributed by atoms with Crippen LogP contribution >= 0.6 is 0 Å². The van der Waals surface area contributed by atoms with Gasteiger partial charge in [0, 0.05) is 19.9 Å². The normalized spacial score (nSPS) is 13.2. The highest BCUT2D eigenvalue weighted by molar-refractivity contribution is 5.94. The molecule has 3 atom stereocenters. The van der Waals surface area contributed by atoms with Gasteiger partial charge in [-0.2, -0.15) is 0 Å². The van der Waals surface area contributed by atoms with E-state index in [-0.39, 0.29) is 31.3 Å². The van der Waals surface area contributed by atoms with Gasteiger partial charge in [-0.25, -0.2) is 0 Å². The van der Waals surface area contributed by atoms with Gasteiger partial charge in [0.15, 0.2) is 5.96 Å². The number of amides is 4. The second kappa shape index (κ2) is 12.9. The Morgan fingerprint density at radius 1 is 0.886 bits per heavy atom. The number of nitrogens with zero attached hydrogens (tertiary/aromatic N) is 1.